The maximum absolute atomic E-state index is 12.1. The van der Waals surface area contributed by atoms with Crippen molar-refractivity contribution in [2.24, 2.45) is 0 Å². The van der Waals surface area contributed by atoms with E-state index in [1.165, 1.54) is 0 Å². The summed E-state index contributed by atoms with van der Waals surface area (Å²) in [6.07, 6.45) is 3.47. The summed E-state index contributed by atoms with van der Waals surface area (Å²) in [6, 6.07) is 7.21. The molecular formula is C18H18N6O3. The van der Waals surface area contributed by atoms with Crippen LogP contribution in [0, 0.1) is 0 Å². The molecule has 27 heavy (non-hydrogen) atoms. The first-order valence-electron chi connectivity index (χ1n) is 8.57. The second kappa shape index (κ2) is 7.02. The molecule has 4 rings (SSSR count). The van der Waals surface area contributed by atoms with Gasteiger partial charge in [0.1, 0.15) is 11.6 Å². The van der Waals surface area contributed by atoms with Crippen LogP contribution in [0.2, 0.25) is 0 Å². The molecule has 0 saturated heterocycles. The van der Waals surface area contributed by atoms with Crippen LogP contribution < -0.4 is 5.32 Å². The Balaban J connectivity index is 1.49. The number of furan rings is 1. The number of hydrogen-bond acceptors (Lipinski definition) is 7. The van der Waals surface area contributed by atoms with Gasteiger partial charge in [0.2, 0.25) is 5.91 Å². The molecule has 0 atom stereocenters. The zero-order valence-electron chi connectivity index (χ0n) is 14.9. The van der Waals surface area contributed by atoms with Gasteiger partial charge in [-0.25, -0.2) is 0 Å². The van der Waals surface area contributed by atoms with Crippen LogP contribution in [-0.2, 0) is 17.8 Å². The third-order valence-electron chi connectivity index (χ3n) is 4.04. The molecule has 0 bridgehead atoms. The van der Waals surface area contributed by atoms with Crippen molar-refractivity contribution in [3.63, 3.8) is 0 Å². The average Bonchev–Trinajstić information content (AvgIpc) is 3.40. The number of nitrogens with one attached hydrogen (secondary N) is 1. The first-order valence-corrected chi connectivity index (χ1v) is 8.57. The Morgan fingerprint density at radius 3 is 2.93 bits per heavy atom. The van der Waals surface area contributed by atoms with Gasteiger partial charge < -0.3 is 14.3 Å². The predicted octanol–water partition coefficient (Wildman–Crippen LogP) is 2.35. The molecule has 0 radical (unpaired) electrons. The van der Waals surface area contributed by atoms with E-state index in [4.69, 9.17) is 8.94 Å². The third kappa shape index (κ3) is 3.57. The van der Waals surface area contributed by atoms with E-state index in [1.54, 1.807) is 35.1 Å². The number of pyridine rings is 1. The lowest BCUT2D eigenvalue weighted by Crippen LogP contribution is -2.25. The van der Waals surface area contributed by atoms with E-state index in [2.05, 4.69) is 25.7 Å². The standard InChI is InChI=1S/C18H18N6O3/c1-11(2)17-20-18(27-23-17)12-5-6-24-14(8-12)21-22-15(24)9-16(25)19-10-13-4-3-7-26-13/h3-8,11H,9-10H2,1-2H3,(H,19,25). The molecule has 0 unspecified atom stereocenters. The Kier molecular flexibility index (Phi) is 4.41. The molecule has 0 aromatic carbocycles. The van der Waals surface area contributed by atoms with Crippen molar-refractivity contribution in [3.05, 3.63) is 54.1 Å². The Bertz CT molecular complexity index is 1060. The average molecular weight is 366 g/mol. The van der Waals surface area contributed by atoms with Gasteiger partial charge in [0.15, 0.2) is 11.5 Å². The van der Waals surface area contributed by atoms with Gasteiger partial charge in [0.25, 0.3) is 5.89 Å². The van der Waals surface area contributed by atoms with Crippen LogP contribution in [0.3, 0.4) is 0 Å². The largest absolute Gasteiger partial charge is 0.467 e. The third-order valence-corrected chi connectivity index (χ3v) is 4.04. The van der Waals surface area contributed by atoms with Gasteiger partial charge in [-0.2, -0.15) is 4.98 Å². The van der Waals surface area contributed by atoms with Gasteiger partial charge in [0, 0.05) is 17.7 Å². The highest BCUT2D eigenvalue weighted by Gasteiger charge is 2.15. The Morgan fingerprint density at radius 2 is 2.19 bits per heavy atom. The van der Waals surface area contributed by atoms with Crippen molar-refractivity contribution < 1.29 is 13.7 Å². The highest BCUT2D eigenvalue weighted by atomic mass is 16.5. The molecule has 0 aliphatic heterocycles. The summed E-state index contributed by atoms with van der Waals surface area (Å²) in [6.45, 7) is 4.33. The van der Waals surface area contributed by atoms with E-state index in [1.807, 2.05) is 19.9 Å². The van der Waals surface area contributed by atoms with Crippen LogP contribution in [0.25, 0.3) is 17.1 Å². The van der Waals surface area contributed by atoms with Gasteiger partial charge in [-0.1, -0.05) is 19.0 Å². The monoisotopic (exact) mass is 366 g/mol. The van der Waals surface area contributed by atoms with Crippen LogP contribution in [0.4, 0.5) is 0 Å². The lowest BCUT2D eigenvalue weighted by Gasteiger charge is -2.03. The van der Waals surface area contributed by atoms with Crippen LogP contribution >= 0.6 is 0 Å². The topological polar surface area (TPSA) is 111 Å². The lowest BCUT2D eigenvalue weighted by atomic mass is 10.2. The van der Waals surface area contributed by atoms with E-state index >= 15 is 0 Å². The Hall–Kier alpha value is -3.49. The van der Waals surface area contributed by atoms with Gasteiger partial charge in [0.05, 0.1) is 19.2 Å². The fourth-order valence-electron chi connectivity index (χ4n) is 2.59. The molecule has 4 aromatic heterocycles. The molecule has 138 valence electrons. The minimum atomic E-state index is -0.164. The summed E-state index contributed by atoms with van der Waals surface area (Å²) in [5, 5.41) is 15.0. The first-order chi connectivity index (χ1) is 13.1. The second-order valence-electron chi connectivity index (χ2n) is 6.41. The number of fused-ring (bicyclic) bond motifs is 1. The van der Waals surface area contributed by atoms with Crippen LogP contribution in [0.15, 0.2) is 45.7 Å². The van der Waals surface area contributed by atoms with E-state index in [0.29, 0.717) is 35.5 Å². The normalized spacial score (nSPS) is 11.4. The molecule has 4 heterocycles. The zero-order valence-corrected chi connectivity index (χ0v) is 14.9. The summed E-state index contributed by atoms with van der Waals surface area (Å²) in [5.41, 5.74) is 1.36. The minimum absolute atomic E-state index is 0.110. The first kappa shape index (κ1) is 17.0. The molecule has 9 heteroatoms. The molecular weight excluding hydrogens is 348 g/mol. The van der Waals surface area contributed by atoms with Crippen molar-refractivity contribution in [3.8, 4) is 11.5 Å². The number of rotatable bonds is 6. The number of carbonyl (C=O) groups excluding carboxylic acids is 1. The SMILES string of the molecule is CC(C)c1noc(-c2ccn3c(CC(=O)NCc4ccco4)nnc3c2)n1. The maximum atomic E-state index is 12.1. The van der Waals surface area contributed by atoms with Crippen LogP contribution in [0.5, 0.6) is 0 Å². The molecule has 0 fully saturated rings. The molecule has 4 aromatic rings. The van der Waals surface area contributed by atoms with E-state index in [0.717, 1.165) is 5.56 Å². The molecule has 0 saturated carbocycles. The van der Waals surface area contributed by atoms with Crippen molar-refractivity contribution in [2.45, 2.75) is 32.7 Å². The van der Waals surface area contributed by atoms with Crippen molar-refractivity contribution in [1.29, 1.82) is 0 Å². The lowest BCUT2D eigenvalue weighted by molar-refractivity contribution is -0.120. The molecule has 1 amide bonds. The summed E-state index contributed by atoms with van der Waals surface area (Å²) in [4.78, 5) is 16.5. The number of nitrogens with zero attached hydrogens (tertiary/aromatic N) is 5. The number of carbonyl (C=O) groups is 1. The van der Waals surface area contributed by atoms with Gasteiger partial charge in [-0.15, -0.1) is 10.2 Å². The van der Waals surface area contributed by atoms with E-state index in [-0.39, 0.29) is 18.2 Å². The summed E-state index contributed by atoms with van der Waals surface area (Å²) >= 11 is 0. The fourth-order valence-corrected chi connectivity index (χ4v) is 2.59. The second-order valence-corrected chi connectivity index (χ2v) is 6.41. The van der Waals surface area contributed by atoms with Crippen molar-refractivity contribution in [1.82, 2.24) is 30.1 Å². The Labute approximate surface area is 154 Å². The number of hydrogen-bond donors (Lipinski definition) is 1. The van der Waals surface area contributed by atoms with Crippen molar-refractivity contribution in [2.75, 3.05) is 0 Å². The fraction of sp³-hybridized carbons (Fsp3) is 0.278. The van der Waals surface area contributed by atoms with Crippen LogP contribution in [-0.4, -0.2) is 30.6 Å². The van der Waals surface area contributed by atoms with Crippen molar-refractivity contribution >= 4 is 11.6 Å². The van der Waals surface area contributed by atoms with Crippen LogP contribution in [0.1, 0.15) is 37.2 Å². The molecule has 0 aliphatic rings. The van der Waals surface area contributed by atoms with E-state index < -0.39 is 0 Å². The highest BCUT2D eigenvalue weighted by Crippen LogP contribution is 2.21. The van der Waals surface area contributed by atoms with Gasteiger partial charge in [-0.05, 0) is 24.3 Å². The van der Waals surface area contributed by atoms with Gasteiger partial charge >= 0.3 is 0 Å². The highest BCUT2D eigenvalue weighted by molar-refractivity contribution is 5.78. The molecule has 1 N–H and O–H groups in total. The summed E-state index contributed by atoms with van der Waals surface area (Å²) in [5.74, 6) is 2.34. The smallest absolute Gasteiger partial charge is 0.258 e. The summed E-state index contributed by atoms with van der Waals surface area (Å²) < 4.78 is 12.3. The Morgan fingerprint density at radius 1 is 1.30 bits per heavy atom. The van der Waals surface area contributed by atoms with Gasteiger partial charge in [-0.3, -0.25) is 9.20 Å². The quantitative estimate of drug-likeness (QED) is 0.557. The predicted molar refractivity (Wildman–Crippen MR) is 94.6 cm³/mol. The summed E-state index contributed by atoms with van der Waals surface area (Å²) in [7, 11) is 0. The number of aromatic nitrogens is 5. The minimum Gasteiger partial charge on any atom is -0.467 e. The van der Waals surface area contributed by atoms with E-state index in [9.17, 15) is 4.79 Å². The molecule has 0 spiro atoms. The maximum Gasteiger partial charge on any atom is 0.258 e. The molecule has 0 aliphatic carbocycles. The number of amides is 1. The zero-order chi connectivity index (χ0) is 18.8. The molecule has 9 nitrogen and oxygen atoms in total.